The van der Waals surface area contributed by atoms with Crippen LogP contribution in [0.1, 0.15) is 75.9 Å². The first-order chi connectivity index (χ1) is 16.7. The molecule has 4 aliphatic heterocycles. The van der Waals surface area contributed by atoms with Crippen LogP contribution in [0.3, 0.4) is 0 Å². The monoisotopic (exact) mass is 496 g/mol. The van der Waals surface area contributed by atoms with Crippen molar-refractivity contribution in [2.75, 3.05) is 16.4 Å². The first-order valence-corrected chi connectivity index (χ1v) is 12.1. The Bertz CT molecular complexity index is 1280. The minimum Gasteiger partial charge on any atom is -0.364 e. The molecule has 4 aliphatic rings. The zero-order valence-electron chi connectivity index (χ0n) is 19.7. The summed E-state index contributed by atoms with van der Waals surface area (Å²) in [6, 6.07) is 4.16. The molecule has 0 saturated carbocycles. The number of fused-ring (bicyclic) bond motifs is 3. The third-order valence-corrected chi connectivity index (χ3v) is 7.60. The van der Waals surface area contributed by atoms with E-state index in [4.69, 9.17) is 25.6 Å². The van der Waals surface area contributed by atoms with Crippen molar-refractivity contribution in [3.8, 4) is 6.07 Å². The molecular formula is C24H25ClN6O4. The zero-order chi connectivity index (χ0) is 24.5. The lowest BCUT2D eigenvalue weighted by Crippen LogP contribution is -2.60. The summed E-state index contributed by atoms with van der Waals surface area (Å²) < 4.78 is 17.7. The molecule has 0 bridgehead atoms. The molecule has 2 aromatic rings. The van der Waals surface area contributed by atoms with Crippen LogP contribution in [0.15, 0.2) is 21.6 Å². The molecule has 0 spiro atoms. The predicted octanol–water partition coefficient (Wildman–Crippen LogP) is 4.06. The van der Waals surface area contributed by atoms with Gasteiger partial charge < -0.3 is 18.9 Å². The third kappa shape index (κ3) is 3.37. The second kappa shape index (κ2) is 7.75. The summed E-state index contributed by atoms with van der Waals surface area (Å²) in [6.07, 6.45) is 4.46. The van der Waals surface area contributed by atoms with Crippen molar-refractivity contribution in [1.29, 1.82) is 5.26 Å². The highest BCUT2D eigenvalue weighted by atomic mass is 35.5. The molecule has 0 radical (unpaired) electrons. The second-order valence-electron chi connectivity index (χ2n) is 10.2. The first-order valence-electron chi connectivity index (χ1n) is 11.8. The molecule has 182 valence electrons. The molecule has 0 aliphatic carbocycles. The molecule has 35 heavy (non-hydrogen) atoms. The van der Waals surface area contributed by atoms with Gasteiger partial charge >= 0.3 is 0 Å². The van der Waals surface area contributed by atoms with Crippen LogP contribution in [-0.2, 0) is 14.3 Å². The van der Waals surface area contributed by atoms with Gasteiger partial charge in [0.25, 0.3) is 11.8 Å². The van der Waals surface area contributed by atoms with E-state index in [1.54, 1.807) is 28.3 Å². The van der Waals surface area contributed by atoms with Gasteiger partial charge in [0.2, 0.25) is 5.82 Å². The van der Waals surface area contributed by atoms with Gasteiger partial charge in [-0.3, -0.25) is 14.7 Å². The lowest BCUT2D eigenvalue weighted by molar-refractivity contribution is -0.125. The van der Waals surface area contributed by atoms with Gasteiger partial charge in [-0.05, 0) is 58.6 Å². The molecular weight excluding hydrogens is 472 g/mol. The molecule has 5 heterocycles. The fraction of sp³-hybridized carbons (Fsp3) is 0.542. The topological polar surface area (TPSA) is 117 Å². The second-order valence-corrected chi connectivity index (χ2v) is 10.6. The van der Waals surface area contributed by atoms with Crippen LogP contribution in [0, 0.1) is 11.3 Å². The van der Waals surface area contributed by atoms with Crippen LogP contribution < -0.4 is 9.80 Å². The Morgan fingerprint density at radius 1 is 1.26 bits per heavy atom. The molecule has 6 rings (SSSR count). The number of hydrogen-bond donors (Lipinski definition) is 0. The summed E-state index contributed by atoms with van der Waals surface area (Å²) in [5.74, 6) is 0.450. The van der Waals surface area contributed by atoms with Crippen LogP contribution in [0.4, 0.5) is 11.4 Å². The minimum absolute atomic E-state index is 0.227. The van der Waals surface area contributed by atoms with Gasteiger partial charge in [0, 0.05) is 6.61 Å². The number of halogens is 1. The molecule has 4 unspecified atom stereocenters. The highest BCUT2D eigenvalue weighted by molar-refractivity contribution is 6.33. The summed E-state index contributed by atoms with van der Waals surface area (Å²) >= 11 is 6.38. The maximum Gasteiger partial charge on any atom is 0.255 e. The van der Waals surface area contributed by atoms with E-state index >= 15 is 0 Å². The van der Waals surface area contributed by atoms with Crippen molar-refractivity contribution in [2.45, 2.75) is 76.0 Å². The molecule has 1 amide bonds. The first kappa shape index (κ1) is 22.5. The minimum atomic E-state index is -0.912. The van der Waals surface area contributed by atoms with E-state index in [0.29, 0.717) is 30.2 Å². The number of nitriles is 1. The van der Waals surface area contributed by atoms with Gasteiger partial charge in [0.15, 0.2) is 6.04 Å². The predicted molar refractivity (Wildman–Crippen MR) is 126 cm³/mol. The van der Waals surface area contributed by atoms with E-state index in [2.05, 4.69) is 21.2 Å². The van der Waals surface area contributed by atoms with Gasteiger partial charge in [-0.1, -0.05) is 16.8 Å². The Kier molecular flexibility index (Phi) is 4.97. The molecule has 2 saturated heterocycles. The van der Waals surface area contributed by atoms with Crippen LogP contribution in [-0.4, -0.2) is 46.4 Å². The van der Waals surface area contributed by atoms with Crippen molar-refractivity contribution in [2.24, 2.45) is 4.99 Å². The third-order valence-electron chi connectivity index (χ3n) is 7.28. The molecule has 1 aromatic heterocycles. The van der Waals surface area contributed by atoms with Crippen LogP contribution >= 0.6 is 11.6 Å². The molecule has 2 fully saturated rings. The van der Waals surface area contributed by atoms with E-state index < -0.39 is 17.8 Å². The van der Waals surface area contributed by atoms with E-state index in [0.717, 1.165) is 19.3 Å². The van der Waals surface area contributed by atoms with Crippen molar-refractivity contribution >= 4 is 35.2 Å². The van der Waals surface area contributed by atoms with E-state index in [9.17, 15) is 10.1 Å². The van der Waals surface area contributed by atoms with E-state index in [-0.39, 0.29) is 34.1 Å². The lowest BCUT2D eigenvalue weighted by Gasteiger charge is -2.46. The number of anilines is 2. The maximum absolute atomic E-state index is 14.1. The summed E-state index contributed by atoms with van der Waals surface area (Å²) in [4.78, 5) is 26.7. The SMILES string of the molecule is CC1(C)CCC(c2noc(C3N=CN4c5ccc(Cl)c(C#N)c5N(C5(C)CCCO5)C(=O)C34)n2)O1. The standard InChI is InChI=1S/C24H25ClN6O4/c1-23(2)9-7-16(34-23)20-28-21(35-29-20)17-19-22(32)31(24(3)8-4-10-33-24)18-13(11-26)14(25)5-6-15(18)30(19)12-27-17/h5-6,12,16-17,19H,4,7-10H2,1-3H3. The number of carbonyl (C=O) groups is 1. The lowest BCUT2D eigenvalue weighted by atomic mass is 9.95. The van der Waals surface area contributed by atoms with Crippen molar-refractivity contribution < 1.29 is 18.8 Å². The number of ether oxygens (including phenoxy) is 2. The quantitative estimate of drug-likeness (QED) is 0.624. The smallest absolute Gasteiger partial charge is 0.255 e. The normalized spacial score (nSPS) is 31.1. The number of carbonyl (C=O) groups excluding carboxylic acids is 1. The van der Waals surface area contributed by atoms with Gasteiger partial charge in [-0.25, -0.2) is 0 Å². The molecule has 10 nitrogen and oxygen atoms in total. The van der Waals surface area contributed by atoms with Gasteiger partial charge in [0.1, 0.15) is 23.9 Å². The highest BCUT2D eigenvalue weighted by Gasteiger charge is 2.54. The average molecular weight is 497 g/mol. The van der Waals surface area contributed by atoms with Crippen LogP contribution in [0.25, 0.3) is 0 Å². The Morgan fingerprint density at radius 3 is 2.77 bits per heavy atom. The Hall–Kier alpha value is -3.00. The van der Waals surface area contributed by atoms with Gasteiger partial charge in [0.05, 0.1) is 33.9 Å². The number of benzene rings is 1. The van der Waals surface area contributed by atoms with E-state index in [1.165, 1.54) is 0 Å². The zero-order valence-corrected chi connectivity index (χ0v) is 20.4. The summed E-state index contributed by atoms with van der Waals surface area (Å²) in [5, 5.41) is 14.3. The summed E-state index contributed by atoms with van der Waals surface area (Å²) in [7, 11) is 0. The number of aliphatic imine (C=N–C) groups is 1. The molecule has 11 heteroatoms. The molecule has 4 atom stereocenters. The van der Waals surface area contributed by atoms with Crippen LogP contribution in [0.5, 0.6) is 0 Å². The van der Waals surface area contributed by atoms with Gasteiger partial charge in [-0.2, -0.15) is 10.2 Å². The fourth-order valence-electron chi connectivity index (χ4n) is 5.53. The van der Waals surface area contributed by atoms with Gasteiger partial charge in [-0.15, -0.1) is 0 Å². The van der Waals surface area contributed by atoms with Crippen molar-refractivity contribution in [3.63, 3.8) is 0 Å². The van der Waals surface area contributed by atoms with Crippen molar-refractivity contribution in [3.05, 3.63) is 34.4 Å². The Balaban J connectivity index is 1.41. The maximum atomic E-state index is 14.1. The summed E-state index contributed by atoms with van der Waals surface area (Å²) in [6.45, 7) is 6.46. The number of amides is 1. The van der Waals surface area contributed by atoms with Crippen LogP contribution in [0.2, 0.25) is 5.02 Å². The number of hydrogen-bond acceptors (Lipinski definition) is 9. The summed E-state index contributed by atoms with van der Waals surface area (Å²) in [5.41, 5.74) is 0.161. The molecule has 1 aromatic carbocycles. The van der Waals surface area contributed by atoms with Crippen molar-refractivity contribution in [1.82, 2.24) is 10.1 Å². The average Bonchev–Trinajstić information content (AvgIpc) is 3.59. The highest BCUT2D eigenvalue weighted by Crippen LogP contribution is 2.50. The Morgan fingerprint density at radius 2 is 2.09 bits per heavy atom. The van der Waals surface area contributed by atoms with E-state index in [1.807, 2.05) is 20.8 Å². The number of aromatic nitrogens is 2. The Labute approximate surface area is 207 Å². The number of nitrogens with zero attached hydrogens (tertiary/aromatic N) is 6. The molecule has 0 N–H and O–H groups in total. The fourth-order valence-corrected chi connectivity index (χ4v) is 5.72. The number of rotatable bonds is 3. The largest absolute Gasteiger partial charge is 0.364 e.